The molecule has 0 unspecified atom stereocenters. The molecule has 13 heteroatoms. The zero-order valence-corrected chi connectivity index (χ0v) is 30.1. The van der Waals surface area contributed by atoms with Gasteiger partial charge in [-0.05, 0) is 19.4 Å². The van der Waals surface area contributed by atoms with Crippen molar-refractivity contribution in [3.8, 4) is 17.2 Å². The summed E-state index contributed by atoms with van der Waals surface area (Å²) in [7, 11) is 1.32. The number of aliphatic hydroxyl groups excluding tert-OH is 2. The molecule has 0 saturated carbocycles. The number of fused-ring (bicyclic) bond motifs is 3. The predicted octanol–water partition coefficient (Wildman–Crippen LogP) is 4.08. The van der Waals surface area contributed by atoms with Crippen LogP contribution >= 0.6 is 0 Å². The fraction of sp³-hybridized carbons (Fsp3) is 0.590. The number of carbonyl (C=O) groups excluding carboxylic acids is 4. The van der Waals surface area contributed by atoms with Gasteiger partial charge in [0, 0.05) is 42.4 Å². The molecule has 1 amide bonds. The van der Waals surface area contributed by atoms with Gasteiger partial charge in [0.1, 0.15) is 35.6 Å². The van der Waals surface area contributed by atoms with Gasteiger partial charge in [0.25, 0.3) is 0 Å². The number of Topliss-reactive ketones (excluding diaryl/α,β-unsaturated/α-hetero) is 1. The Balaban J connectivity index is 1.37. The van der Waals surface area contributed by atoms with Gasteiger partial charge in [0.05, 0.1) is 42.0 Å². The smallest absolute Gasteiger partial charge is 0.220 e. The number of hydrogen-bond donors (Lipinski definition) is 6. The first-order valence-electron chi connectivity index (χ1n) is 18.4. The van der Waals surface area contributed by atoms with E-state index in [9.17, 15) is 44.7 Å². The zero-order valence-electron chi connectivity index (χ0n) is 30.1. The molecule has 5 rings (SSSR count). The van der Waals surface area contributed by atoms with Crippen molar-refractivity contribution in [1.29, 1.82) is 0 Å². The summed E-state index contributed by atoms with van der Waals surface area (Å²) in [5.41, 5.74) is -3.79. The first-order chi connectivity index (χ1) is 24.9. The maximum atomic E-state index is 13.9. The minimum atomic E-state index is -2.30. The van der Waals surface area contributed by atoms with Crippen LogP contribution in [0.25, 0.3) is 0 Å². The lowest BCUT2D eigenvalue weighted by Gasteiger charge is -2.43. The summed E-state index contributed by atoms with van der Waals surface area (Å²) >= 11 is 0. The van der Waals surface area contributed by atoms with Gasteiger partial charge in [-0.3, -0.25) is 19.2 Å². The summed E-state index contributed by atoms with van der Waals surface area (Å²) in [6, 6.07) is 3.59. The number of carbonyl (C=O) groups is 4. The molecule has 2 aromatic carbocycles. The summed E-state index contributed by atoms with van der Waals surface area (Å²) in [4.78, 5) is 53.4. The van der Waals surface area contributed by atoms with E-state index in [4.69, 9.17) is 14.2 Å². The number of ketones is 3. The molecule has 284 valence electrons. The fourth-order valence-electron chi connectivity index (χ4n) is 7.73. The normalized spacial score (nSPS) is 25.2. The average Bonchev–Trinajstić information content (AvgIpc) is 3.12. The average molecular weight is 726 g/mol. The Hall–Kier alpha value is -3.88. The third-order valence-corrected chi connectivity index (χ3v) is 10.6. The zero-order chi connectivity index (χ0) is 37.7. The highest BCUT2D eigenvalue weighted by Crippen LogP contribution is 2.52. The molecule has 0 bridgehead atoms. The Labute approximate surface area is 303 Å². The van der Waals surface area contributed by atoms with Crippen molar-refractivity contribution in [3.05, 3.63) is 51.6 Å². The molecule has 6 atom stereocenters. The molecule has 13 nitrogen and oxygen atoms in total. The van der Waals surface area contributed by atoms with E-state index >= 15 is 0 Å². The van der Waals surface area contributed by atoms with Crippen LogP contribution in [0.5, 0.6) is 17.2 Å². The van der Waals surface area contributed by atoms with Crippen LogP contribution in [-0.2, 0) is 25.5 Å². The lowest BCUT2D eigenvalue weighted by molar-refractivity contribution is -0.249. The van der Waals surface area contributed by atoms with Crippen molar-refractivity contribution in [2.24, 2.45) is 0 Å². The molecule has 3 aliphatic rings. The number of benzene rings is 2. The Morgan fingerprint density at radius 3 is 2.27 bits per heavy atom. The highest BCUT2D eigenvalue weighted by molar-refractivity contribution is 6.31. The standard InChI is InChI=1S/C39H51NO12/c1-4-5-6-7-8-9-10-11-12-16-28(43)40-24-17-29(51-21(2)34(24)44)52-26-19-39(49,27(42)20-41)18-23-31(26)38(48)33-32(36(23)46)35(45)22-14-13-15-25(50-3)30(22)37(33)47/h13-15,21,24,26,29,34,41,44,46,48-49H,4-12,16-20H2,1-3H3,(H,40,43)/t21-,24+,26-,29-,34+,39+/m1/s1. The maximum Gasteiger partial charge on any atom is 0.220 e. The van der Waals surface area contributed by atoms with E-state index in [0.29, 0.717) is 6.42 Å². The van der Waals surface area contributed by atoms with E-state index in [-0.39, 0.29) is 46.8 Å². The third kappa shape index (κ3) is 7.89. The first-order valence-corrected chi connectivity index (χ1v) is 18.4. The summed E-state index contributed by atoms with van der Waals surface area (Å²) in [6.07, 6.45) is 4.58. The van der Waals surface area contributed by atoms with Gasteiger partial charge in [0.2, 0.25) is 11.7 Å². The van der Waals surface area contributed by atoms with Gasteiger partial charge in [-0.1, -0.05) is 70.4 Å². The number of methoxy groups -OCH3 is 1. The summed E-state index contributed by atoms with van der Waals surface area (Å²) in [6.45, 7) is 2.74. The molecule has 2 aliphatic carbocycles. The maximum absolute atomic E-state index is 13.9. The van der Waals surface area contributed by atoms with E-state index in [1.165, 1.54) is 57.4 Å². The second kappa shape index (κ2) is 16.9. The van der Waals surface area contributed by atoms with Crippen LogP contribution in [0.2, 0.25) is 0 Å². The van der Waals surface area contributed by atoms with Crippen LogP contribution in [0, 0.1) is 0 Å². The highest BCUT2D eigenvalue weighted by Gasteiger charge is 2.50. The van der Waals surface area contributed by atoms with Crippen LogP contribution < -0.4 is 10.1 Å². The molecule has 1 fully saturated rings. The van der Waals surface area contributed by atoms with Gasteiger partial charge in [-0.2, -0.15) is 0 Å². The van der Waals surface area contributed by atoms with Crippen molar-refractivity contribution in [3.63, 3.8) is 0 Å². The minimum absolute atomic E-state index is 0.0487. The van der Waals surface area contributed by atoms with Gasteiger partial charge in [0.15, 0.2) is 17.9 Å². The Morgan fingerprint density at radius 2 is 1.62 bits per heavy atom. The van der Waals surface area contributed by atoms with Gasteiger partial charge < -0.3 is 45.1 Å². The van der Waals surface area contributed by atoms with Gasteiger partial charge >= 0.3 is 0 Å². The lowest BCUT2D eigenvalue weighted by Crippen LogP contribution is -2.55. The number of aromatic hydroxyl groups is 2. The number of nitrogens with one attached hydrogen (secondary N) is 1. The summed E-state index contributed by atoms with van der Waals surface area (Å²) in [5, 5.41) is 58.3. The van der Waals surface area contributed by atoms with Gasteiger partial charge in [-0.25, -0.2) is 0 Å². The minimum Gasteiger partial charge on any atom is -0.507 e. The largest absolute Gasteiger partial charge is 0.507 e. The van der Waals surface area contributed by atoms with E-state index in [2.05, 4.69) is 12.2 Å². The van der Waals surface area contributed by atoms with Crippen LogP contribution in [0.1, 0.15) is 140 Å². The molecule has 1 heterocycles. The number of hydrogen-bond acceptors (Lipinski definition) is 12. The number of phenols is 2. The Bertz CT molecular complexity index is 1670. The van der Waals surface area contributed by atoms with Crippen LogP contribution in [0.15, 0.2) is 18.2 Å². The van der Waals surface area contributed by atoms with E-state index < -0.39 is 95.7 Å². The van der Waals surface area contributed by atoms with E-state index in [0.717, 1.165) is 19.3 Å². The first kappa shape index (κ1) is 39.3. The highest BCUT2D eigenvalue weighted by atomic mass is 16.7. The second-order valence-corrected chi connectivity index (χ2v) is 14.2. The molecule has 0 radical (unpaired) electrons. The Morgan fingerprint density at radius 1 is 0.962 bits per heavy atom. The van der Waals surface area contributed by atoms with Crippen molar-refractivity contribution >= 4 is 23.3 Å². The van der Waals surface area contributed by atoms with E-state index in [1.807, 2.05) is 0 Å². The van der Waals surface area contributed by atoms with Crippen LogP contribution in [-0.4, -0.2) is 92.6 Å². The molecule has 6 N–H and O–H groups in total. The summed E-state index contributed by atoms with van der Waals surface area (Å²) in [5.74, 6) is -4.11. The van der Waals surface area contributed by atoms with Gasteiger partial charge in [-0.15, -0.1) is 0 Å². The number of aliphatic hydroxyl groups is 3. The molecule has 0 spiro atoms. The molecule has 52 heavy (non-hydrogen) atoms. The molecule has 1 aliphatic heterocycles. The predicted molar refractivity (Wildman–Crippen MR) is 188 cm³/mol. The van der Waals surface area contributed by atoms with Crippen molar-refractivity contribution in [2.75, 3.05) is 13.7 Å². The molecule has 0 aromatic heterocycles. The number of unbranched alkanes of at least 4 members (excludes halogenated alkanes) is 8. The van der Waals surface area contributed by atoms with Crippen LogP contribution in [0.4, 0.5) is 0 Å². The third-order valence-electron chi connectivity index (χ3n) is 10.6. The second-order valence-electron chi connectivity index (χ2n) is 14.2. The Kier molecular flexibility index (Phi) is 12.7. The lowest BCUT2D eigenvalue weighted by atomic mass is 9.72. The van der Waals surface area contributed by atoms with E-state index in [1.54, 1.807) is 6.92 Å². The summed E-state index contributed by atoms with van der Waals surface area (Å²) < 4.78 is 17.5. The molecular weight excluding hydrogens is 674 g/mol. The topological polar surface area (TPSA) is 209 Å². The SMILES string of the molecule is CCCCCCCCCCCC(=O)N[C@H]1C[C@@H](O[C@@H]2C[C@](O)(C(=O)CO)Cc3c(O)c4c(c(O)c32)C(=O)c2c(OC)cccc2C4=O)O[C@H](C)[C@@H]1O. The number of ether oxygens (including phenoxy) is 3. The molecule has 1 saturated heterocycles. The van der Waals surface area contributed by atoms with Crippen molar-refractivity contribution < 1.29 is 58.9 Å². The quantitative estimate of drug-likeness (QED) is 0.0912. The van der Waals surface area contributed by atoms with Crippen molar-refractivity contribution in [2.45, 2.75) is 134 Å². The number of phenolic OH excluding ortho intramolecular Hbond substituents is 2. The molecule has 2 aromatic rings. The monoisotopic (exact) mass is 725 g/mol. The fourth-order valence-corrected chi connectivity index (χ4v) is 7.73. The van der Waals surface area contributed by atoms with Crippen molar-refractivity contribution in [1.82, 2.24) is 5.32 Å². The molecular formula is C39H51NO12. The van der Waals surface area contributed by atoms with Crippen LogP contribution in [0.3, 0.4) is 0 Å². The number of amides is 1. The number of rotatable bonds is 16.